The number of ether oxygens (including phenoxy) is 3. The van der Waals surface area contributed by atoms with E-state index < -0.39 is 0 Å². The van der Waals surface area contributed by atoms with Crippen molar-refractivity contribution in [1.82, 2.24) is 20.4 Å². The van der Waals surface area contributed by atoms with Crippen molar-refractivity contribution in [3.63, 3.8) is 0 Å². The van der Waals surface area contributed by atoms with Gasteiger partial charge in [-0.3, -0.25) is 19.4 Å². The molecule has 25 heavy (non-hydrogen) atoms. The van der Waals surface area contributed by atoms with E-state index in [2.05, 4.69) is 10.6 Å². The minimum atomic E-state index is -0.0363. The van der Waals surface area contributed by atoms with Gasteiger partial charge < -0.3 is 24.8 Å². The summed E-state index contributed by atoms with van der Waals surface area (Å²) in [5.74, 6) is -0.0726. The van der Waals surface area contributed by atoms with Gasteiger partial charge in [-0.05, 0) is 14.1 Å². The molecule has 0 aromatic heterocycles. The van der Waals surface area contributed by atoms with Gasteiger partial charge in [-0.1, -0.05) is 0 Å². The maximum atomic E-state index is 11.8. The largest absolute Gasteiger partial charge is 0.377 e. The van der Waals surface area contributed by atoms with Crippen LogP contribution >= 0.6 is 0 Å². The second kappa shape index (κ2) is 14.0. The van der Waals surface area contributed by atoms with Gasteiger partial charge in [-0.15, -0.1) is 0 Å². The molecule has 146 valence electrons. The van der Waals surface area contributed by atoms with Crippen LogP contribution in [-0.2, 0) is 23.8 Å². The predicted molar refractivity (Wildman–Crippen MR) is 93.5 cm³/mol. The van der Waals surface area contributed by atoms with Gasteiger partial charge in [0.05, 0.1) is 52.7 Å². The molecule has 1 heterocycles. The van der Waals surface area contributed by atoms with E-state index in [0.717, 1.165) is 0 Å². The second-order valence-electron chi connectivity index (χ2n) is 6.01. The fourth-order valence-corrected chi connectivity index (χ4v) is 2.17. The van der Waals surface area contributed by atoms with Crippen molar-refractivity contribution < 1.29 is 23.8 Å². The maximum Gasteiger partial charge on any atom is 0.234 e. The third kappa shape index (κ3) is 12.7. The Labute approximate surface area is 149 Å². The summed E-state index contributed by atoms with van der Waals surface area (Å²) in [6, 6.07) is 0. The first-order valence-corrected chi connectivity index (χ1v) is 8.71. The van der Waals surface area contributed by atoms with Crippen LogP contribution in [0.15, 0.2) is 0 Å². The molecule has 0 bridgehead atoms. The highest BCUT2D eigenvalue weighted by molar-refractivity contribution is 5.78. The van der Waals surface area contributed by atoms with Gasteiger partial charge in [0.15, 0.2) is 0 Å². The third-order valence-electron chi connectivity index (χ3n) is 3.57. The molecule has 1 aliphatic heterocycles. The van der Waals surface area contributed by atoms with Crippen LogP contribution in [0, 0.1) is 0 Å². The lowest BCUT2D eigenvalue weighted by atomic mass is 10.4. The lowest BCUT2D eigenvalue weighted by Gasteiger charge is -2.21. The number of likely N-dealkylation sites (N-methyl/N-ethyl adjacent to an activating group) is 2. The van der Waals surface area contributed by atoms with Crippen molar-refractivity contribution >= 4 is 11.8 Å². The molecule has 0 spiro atoms. The predicted octanol–water partition coefficient (Wildman–Crippen LogP) is -1.85. The van der Waals surface area contributed by atoms with E-state index in [1.165, 1.54) is 0 Å². The molecule has 0 aromatic rings. The first-order chi connectivity index (χ1) is 12.1. The monoisotopic (exact) mass is 360 g/mol. The number of nitrogens with one attached hydrogen (secondary N) is 2. The molecule has 1 fully saturated rings. The van der Waals surface area contributed by atoms with Gasteiger partial charge in [-0.25, -0.2) is 0 Å². The quantitative estimate of drug-likeness (QED) is 0.524. The van der Waals surface area contributed by atoms with Gasteiger partial charge in [0.25, 0.3) is 0 Å². The number of carbonyl (C=O) groups excluding carboxylic acids is 2. The molecule has 0 aromatic carbocycles. The molecule has 0 aliphatic carbocycles. The van der Waals surface area contributed by atoms with Gasteiger partial charge in [0, 0.05) is 26.2 Å². The first kappa shape index (κ1) is 21.8. The van der Waals surface area contributed by atoms with E-state index in [4.69, 9.17) is 14.2 Å². The summed E-state index contributed by atoms with van der Waals surface area (Å²) in [6.07, 6.45) is 0. The van der Waals surface area contributed by atoms with Crippen molar-refractivity contribution in [2.45, 2.75) is 0 Å². The van der Waals surface area contributed by atoms with Crippen molar-refractivity contribution in [3.05, 3.63) is 0 Å². The van der Waals surface area contributed by atoms with E-state index >= 15 is 0 Å². The number of carbonyl (C=O) groups is 2. The molecule has 1 saturated heterocycles. The summed E-state index contributed by atoms with van der Waals surface area (Å²) in [5.41, 5.74) is 0. The first-order valence-electron chi connectivity index (χ1n) is 8.71. The zero-order chi connectivity index (χ0) is 18.3. The number of hydrogen-bond donors (Lipinski definition) is 2. The van der Waals surface area contributed by atoms with E-state index in [9.17, 15) is 9.59 Å². The van der Waals surface area contributed by atoms with Crippen molar-refractivity contribution in [3.8, 4) is 0 Å². The van der Waals surface area contributed by atoms with E-state index in [1.807, 2.05) is 23.9 Å². The average molecular weight is 360 g/mol. The SMILES string of the molecule is CN1CCN(C)CC(=O)NCCOCCOCCOCCNC(=O)C1. The van der Waals surface area contributed by atoms with Crippen molar-refractivity contribution in [2.75, 3.05) is 93.0 Å². The molecule has 1 rings (SSSR count). The number of hydrogen-bond acceptors (Lipinski definition) is 7. The minimum Gasteiger partial charge on any atom is -0.377 e. The van der Waals surface area contributed by atoms with Gasteiger partial charge >= 0.3 is 0 Å². The summed E-state index contributed by atoms with van der Waals surface area (Å²) in [4.78, 5) is 27.5. The zero-order valence-corrected chi connectivity index (χ0v) is 15.4. The highest BCUT2D eigenvalue weighted by Crippen LogP contribution is 1.88. The number of amides is 2. The molecular weight excluding hydrogens is 328 g/mol. The summed E-state index contributed by atoms with van der Waals surface area (Å²) < 4.78 is 16.1. The fourth-order valence-electron chi connectivity index (χ4n) is 2.17. The lowest BCUT2D eigenvalue weighted by molar-refractivity contribution is -0.123. The second-order valence-corrected chi connectivity index (χ2v) is 6.01. The highest BCUT2D eigenvalue weighted by Gasteiger charge is 2.10. The van der Waals surface area contributed by atoms with Crippen LogP contribution in [0.2, 0.25) is 0 Å². The number of rotatable bonds is 0. The Balaban J connectivity index is 2.34. The van der Waals surface area contributed by atoms with Crippen LogP contribution < -0.4 is 10.6 Å². The Hall–Kier alpha value is -1.26. The fraction of sp³-hybridized carbons (Fsp3) is 0.875. The molecule has 0 atom stereocenters. The van der Waals surface area contributed by atoms with Crippen LogP contribution in [0.1, 0.15) is 0 Å². The van der Waals surface area contributed by atoms with Gasteiger partial charge in [0.1, 0.15) is 0 Å². The van der Waals surface area contributed by atoms with Crippen LogP contribution in [-0.4, -0.2) is 115 Å². The lowest BCUT2D eigenvalue weighted by Crippen LogP contribution is -2.42. The minimum absolute atomic E-state index is 0.0363. The topological polar surface area (TPSA) is 92.4 Å². The van der Waals surface area contributed by atoms with Crippen molar-refractivity contribution in [1.29, 1.82) is 0 Å². The van der Waals surface area contributed by atoms with Crippen molar-refractivity contribution in [2.24, 2.45) is 0 Å². The Morgan fingerprint density at radius 3 is 1.44 bits per heavy atom. The van der Waals surface area contributed by atoms with Crippen LogP contribution in [0.4, 0.5) is 0 Å². The normalized spacial score (nSPS) is 23.3. The molecule has 0 radical (unpaired) electrons. The summed E-state index contributed by atoms with van der Waals surface area (Å²) in [7, 11) is 3.77. The molecule has 1 aliphatic rings. The van der Waals surface area contributed by atoms with Gasteiger partial charge in [0.2, 0.25) is 11.8 Å². The molecule has 9 nitrogen and oxygen atoms in total. The molecule has 2 N–H and O–H groups in total. The Morgan fingerprint density at radius 1 is 0.680 bits per heavy atom. The molecular formula is C16H32N4O5. The number of nitrogens with zero attached hydrogens (tertiary/aromatic N) is 2. The Morgan fingerprint density at radius 2 is 1.04 bits per heavy atom. The maximum absolute atomic E-state index is 11.8. The molecule has 9 heteroatoms. The van der Waals surface area contributed by atoms with E-state index in [1.54, 1.807) is 0 Å². The zero-order valence-electron chi connectivity index (χ0n) is 15.4. The van der Waals surface area contributed by atoms with Crippen LogP contribution in [0.3, 0.4) is 0 Å². The van der Waals surface area contributed by atoms with Crippen LogP contribution in [0.5, 0.6) is 0 Å². The summed E-state index contributed by atoms with van der Waals surface area (Å²) >= 11 is 0. The van der Waals surface area contributed by atoms with Crippen LogP contribution in [0.25, 0.3) is 0 Å². The summed E-state index contributed by atoms with van der Waals surface area (Å²) in [6.45, 7) is 5.88. The van der Waals surface area contributed by atoms with E-state index in [0.29, 0.717) is 78.9 Å². The average Bonchev–Trinajstić information content (AvgIpc) is 2.56. The van der Waals surface area contributed by atoms with E-state index in [-0.39, 0.29) is 11.8 Å². The molecule has 2 amide bonds. The van der Waals surface area contributed by atoms with Gasteiger partial charge in [-0.2, -0.15) is 0 Å². The molecule has 0 unspecified atom stereocenters. The Kier molecular flexibility index (Phi) is 12.2. The highest BCUT2D eigenvalue weighted by atomic mass is 16.5. The third-order valence-corrected chi connectivity index (χ3v) is 3.57. The Bertz CT molecular complexity index is 350. The smallest absolute Gasteiger partial charge is 0.234 e. The summed E-state index contributed by atoms with van der Waals surface area (Å²) in [5, 5.41) is 5.64. The standard InChI is InChI=1S/C16H32N4O5/c1-19-5-6-20(2)14-16(22)18-4-8-24-10-12-25-11-9-23-7-3-17-15(21)13-19/h3-14H2,1-2H3,(H,17,21)(H,18,22). The molecule has 0 saturated carbocycles.